The fraction of sp³-hybridized carbons (Fsp3) is 0.464. The number of thioether (sulfide) groups is 1. The number of hydrogen-bond acceptors (Lipinski definition) is 3. The molecule has 2 nitrogen and oxygen atoms in total. The van der Waals surface area contributed by atoms with Gasteiger partial charge in [0, 0.05) is 24.9 Å². The van der Waals surface area contributed by atoms with Crippen LogP contribution in [0.3, 0.4) is 0 Å². The monoisotopic (exact) mass is 466 g/mol. The second-order valence-electron chi connectivity index (χ2n) is 10.5. The third-order valence-corrected chi connectivity index (χ3v) is 8.01. The molecular formula is C28H38N2S2. The first-order valence-corrected chi connectivity index (χ1v) is 13.0. The van der Waals surface area contributed by atoms with Crippen molar-refractivity contribution >= 4 is 35.0 Å². The summed E-state index contributed by atoms with van der Waals surface area (Å²) in [5.74, 6) is 1.07. The van der Waals surface area contributed by atoms with Gasteiger partial charge in [0.2, 0.25) is 0 Å². The molecule has 1 aliphatic carbocycles. The van der Waals surface area contributed by atoms with Gasteiger partial charge in [0.05, 0.1) is 5.49 Å². The predicted molar refractivity (Wildman–Crippen MR) is 146 cm³/mol. The van der Waals surface area contributed by atoms with Gasteiger partial charge >= 0.3 is 0 Å². The smallest absolute Gasteiger partial charge is 0.0641 e. The van der Waals surface area contributed by atoms with Crippen molar-refractivity contribution in [3.05, 3.63) is 76.7 Å². The van der Waals surface area contributed by atoms with Crippen LogP contribution in [0.1, 0.15) is 58.1 Å². The minimum absolute atomic E-state index is 0.216. The molecular weight excluding hydrogens is 428 g/mol. The highest BCUT2D eigenvalue weighted by Crippen LogP contribution is 2.50. The van der Waals surface area contributed by atoms with E-state index in [-0.39, 0.29) is 5.41 Å². The first kappa shape index (κ1) is 25.0. The molecule has 0 aromatic heterocycles. The molecule has 2 N–H and O–H groups in total. The summed E-state index contributed by atoms with van der Waals surface area (Å²) < 4.78 is 0. The predicted octanol–water partition coefficient (Wildman–Crippen LogP) is 7.15. The Hall–Kier alpha value is -1.62. The quantitative estimate of drug-likeness (QED) is 0.474. The van der Waals surface area contributed by atoms with E-state index in [2.05, 4.69) is 93.3 Å². The standard InChI is InChI=1S/C20H22S.C8H16N2S/c1-20(2)13-18(17-11-7-4-8-12-17)19(14-20)21-15-16-9-5-3-6-10-16;1-8(2)5-10(6-11)4-3-7(8)9/h3-12H,13-15H2,1-2H3;6-7H,3-5,9H2,1-2H3. The van der Waals surface area contributed by atoms with E-state index >= 15 is 0 Å². The average Bonchev–Trinajstić information content (AvgIpc) is 3.10. The van der Waals surface area contributed by atoms with Crippen LogP contribution in [0.25, 0.3) is 5.57 Å². The summed E-state index contributed by atoms with van der Waals surface area (Å²) in [5.41, 5.74) is 12.7. The Labute approximate surface area is 204 Å². The molecule has 32 heavy (non-hydrogen) atoms. The second-order valence-corrected chi connectivity index (χ2v) is 11.8. The number of nitrogens with two attached hydrogens (primary N) is 1. The fourth-order valence-corrected chi connectivity index (χ4v) is 6.04. The summed E-state index contributed by atoms with van der Waals surface area (Å²) in [6.45, 7) is 11.2. The van der Waals surface area contributed by atoms with Crippen molar-refractivity contribution in [1.82, 2.24) is 4.90 Å². The summed E-state index contributed by atoms with van der Waals surface area (Å²) >= 11 is 6.90. The summed E-state index contributed by atoms with van der Waals surface area (Å²) in [6.07, 6.45) is 3.45. The zero-order valence-corrected chi connectivity index (χ0v) is 21.6. The molecule has 172 valence electrons. The van der Waals surface area contributed by atoms with Gasteiger partial charge in [-0.2, -0.15) is 0 Å². The van der Waals surface area contributed by atoms with E-state index in [1.165, 1.54) is 24.0 Å². The van der Waals surface area contributed by atoms with Gasteiger partial charge in [0.1, 0.15) is 0 Å². The highest BCUT2D eigenvalue weighted by atomic mass is 32.2. The van der Waals surface area contributed by atoms with Crippen LogP contribution in [-0.2, 0) is 5.75 Å². The molecule has 2 aromatic rings. The van der Waals surface area contributed by atoms with Gasteiger partial charge in [-0.15, -0.1) is 11.8 Å². The lowest BCUT2D eigenvalue weighted by atomic mass is 9.80. The van der Waals surface area contributed by atoms with Crippen molar-refractivity contribution < 1.29 is 0 Å². The Bertz CT molecular complexity index is 904. The van der Waals surface area contributed by atoms with Gasteiger partial charge in [0.25, 0.3) is 0 Å². The molecule has 4 heteroatoms. The van der Waals surface area contributed by atoms with Gasteiger partial charge in [0.15, 0.2) is 0 Å². The van der Waals surface area contributed by atoms with Gasteiger partial charge in [-0.1, -0.05) is 101 Å². The number of allylic oxidation sites excluding steroid dienone is 2. The molecule has 1 saturated heterocycles. The van der Waals surface area contributed by atoms with E-state index in [0.29, 0.717) is 11.5 Å². The second kappa shape index (κ2) is 11.0. The first-order valence-electron chi connectivity index (χ1n) is 11.6. The Morgan fingerprint density at radius 2 is 1.62 bits per heavy atom. The SMILES string of the molecule is CC1(C)CC(SCc2ccccc2)=C(c2ccccc2)C1.CC1(C)CN(C=S)CCC1N. The Kier molecular flexibility index (Phi) is 8.60. The minimum atomic E-state index is 0.216. The number of benzene rings is 2. The number of piperidine rings is 1. The summed E-state index contributed by atoms with van der Waals surface area (Å²) in [6, 6.07) is 22.0. The van der Waals surface area contributed by atoms with Crippen molar-refractivity contribution in [3.63, 3.8) is 0 Å². The molecule has 1 aliphatic heterocycles. The van der Waals surface area contributed by atoms with Crippen LogP contribution in [0.5, 0.6) is 0 Å². The number of nitrogens with zero attached hydrogens (tertiary/aromatic N) is 1. The maximum absolute atomic E-state index is 5.95. The average molecular weight is 467 g/mol. The maximum Gasteiger partial charge on any atom is 0.0641 e. The molecule has 1 fully saturated rings. The highest BCUT2D eigenvalue weighted by molar-refractivity contribution is 8.02. The number of likely N-dealkylation sites (tertiary alicyclic amines) is 1. The van der Waals surface area contributed by atoms with Crippen LogP contribution in [0.2, 0.25) is 0 Å². The van der Waals surface area contributed by atoms with Crippen LogP contribution in [0.4, 0.5) is 0 Å². The van der Waals surface area contributed by atoms with E-state index in [9.17, 15) is 0 Å². The fourth-order valence-electron chi connectivity index (χ4n) is 4.47. The molecule has 0 spiro atoms. The van der Waals surface area contributed by atoms with Crippen LogP contribution in [-0.4, -0.2) is 29.5 Å². The molecule has 2 aliphatic rings. The van der Waals surface area contributed by atoms with Gasteiger partial charge in [-0.3, -0.25) is 0 Å². The van der Waals surface area contributed by atoms with Crippen LogP contribution < -0.4 is 5.73 Å². The zero-order chi connectivity index (χ0) is 23.2. The van der Waals surface area contributed by atoms with Crippen LogP contribution >= 0.6 is 24.0 Å². The number of hydrogen-bond donors (Lipinski definition) is 1. The molecule has 4 rings (SSSR count). The summed E-state index contributed by atoms with van der Waals surface area (Å²) in [5, 5.41) is 0. The van der Waals surface area contributed by atoms with E-state index in [1.807, 2.05) is 11.8 Å². The molecule has 2 aromatic carbocycles. The summed E-state index contributed by atoms with van der Waals surface area (Å²) in [4.78, 5) is 3.74. The van der Waals surface area contributed by atoms with E-state index in [1.54, 1.807) is 16.0 Å². The third kappa shape index (κ3) is 6.94. The Morgan fingerprint density at radius 1 is 1.00 bits per heavy atom. The Balaban J connectivity index is 0.000000222. The lowest BCUT2D eigenvalue weighted by Crippen LogP contribution is -2.51. The van der Waals surface area contributed by atoms with E-state index in [0.717, 1.165) is 25.3 Å². The minimum Gasteiger partial charge on any atom is -0.368 e. The van der Waals surface area contributed by atoms with Crippen molar-refractivity contribution in [2.45, 2.75) is 58.8 Å². The molecule has 0 bridgehead atoms. The van der Waals surface area contributed by atoms with Crippen molar-refractivity contribution in [3.8, 4) is 0 Å². The largest absolute Gasteiger partial charge is 0.368 e. The highest BCUT2D eigenvalue weighted by Gasteiger charge is 2.32. The molecule has 0 radical (unpaired) electrons. The lowest BCUT2D eigenvalue weighted by molar-refractivity contribution is 0.153. The lowest BCUT2D eigenvalue weighted by Gasteiger charge is -2.41. The molecule has 1 atom stereocenters. The van der Waals surface area contributed by atoms with Gasteiger partial charge in [-0.25, -0.2) is 0 Å². The van der Waals surface area contributed by atoms with Crippen LogP contribution in [0.15, 0.2) is 65.6 Å². The third-order valence-electron chi connectivity index (χ3n) is 6.50. The first-order chi connectivity index (χ1) is 15.2. The Morgan fingerprint density at radius 3 is 2.22 bits per heavy atom. The molecule has 0 saturated carbocycles. The topological polar surface area (TPSA) is 29.3 Å². The zero-order valence-electron chi connectivity index (χ0n) is 20.0. The van der Waals surface area contributed by atoms with Crippen molar-refractivity contribution in [1.29, 1.82) is 0 Å². The molecule has 1 unspecified atom stereocenters. The molecule has 1 heterocycles. The summed E-state index contributed by atoms with van der Waals surface area (Å²) in [7, 11) is 0. The van der Waals surface area contributed by atoms with E-state index < -0.39 is 0 Å². The van der Waals surface area contributed by atoms with Crippen molar-refractivity contribution in [2.24, 2.45) is 16.6 Å². The van der Waals surface area contributed by atoms with Crippen molar-refractivity contribution in [2.75, 3.05) is 13.1 Å². The van der Waals surface area contributed by atoms with E-state index in [4.69, 9.17) is 18.0 Å². The van der Waals surface area contributed by atoms with Crippen LogP contribution in [0, 0.1) is 10.8 Å². The van der Waals surface area contributed by atoms with Gasteiger partial charge < -0.3 is 10.6 Å². The number of rotatable bonds is 5. The molecule has 0 amide bonds. The maximum atomic E-state index is 5.95. The normalized spacial score (nSPS) is 21.7. The number of thiocarbonyl (C=S) groups is 1. The van der Waals surface area contributed by atoms with Gasteiger partial charge in [-0.05, 0) is 51.7 Å².